The highest BCUT2D eigenvalue weighted by atomic mass is 16.2. The highest BCUT2D eigenvalue weighted by molar-refractivity contribution is 5.93. The Morgan fingerprint density at radius 3 is 2.63 bits per heavy atom. The quantitative estimate of drug-likeness (QED) is 0.704. The van der Waals surface area contributed by atoms with Gasteiger partial charge in [0.05, 0.1) is 0 Å². The number of amides is 1. The molecule has 27 heavy (non-hydrogen) atoms. The van der Waals surface area contributed by atoms with E-state index in [0.29, 0.717) is 23.7 Å². The third-order valence-corrected chi connectivity index (χ3v) is 6.23. The second-order valence-electron chi connectivity index (χ2n) is 7.87. The van der Waals surface area contributed by atoms with Gasteiger partial charge in [0.15, 0.2) is 0 Å². The molecular formula is C23H23N3O. The molecule has 5 rings (SSSR count). The van der Waals surface area contributed by atoms with Crippen LogP contribution in [0.4, 0.5) is 0 Å². The van der Waals surface area contributed by atoms with Gasteiger partial charge in [-0.25, -0.2) is 0 Å². The number of piperidine rings is 1. The van der Waals surface area contributed by atoms with Gasteiger partial charge in [-0.05, 0) is 67.2 Å². The molecule has 4 heteroatoms. The Balaban J connectivity index is 1.35. The van der Waals surface area contributed by atoms with Crippen molar-refractivity contribution >= 4 is 16.7 Å². The summed E-state index contributed by atoms with van der Waals surface area (Å²) in [5, 5.41) is 2.52. The Hall–Kier alpha value is -2.75. The van der Waals surface area contributed by atoms with Crippen LogP contribution in [0.1, 0.15) is 41.7 Å². The van der Waals surface area contributed by atoms with Crippen molar-refractivity contribution in [3.8, 4) is 0 Å². The number of rotatable bonds is 3. The molecule has 1 amide bonds. The standard InChI is InChI=1S/C23H23N3O/c27-23(22-6-1-2-10-25-22)26-19-7-8-20(26)14-16(13-19)12-18-5-3-4-17-9-11-24-15-21(17)18/h1-6,9-11,15-16,19-20H,7-8,12-14H2. The third-order valence-electron chi connectivity index (χ3n) is 6.23. The summed E-state index contributed by atoms with van der Waals surface area (Å²) in [4.78, 5) is 23.7. The van der Waals surface area contributed by atoms with Crippen molar-refractivity contribution in [1.29, 1.82) is 0 Å². The molecule has 136 valence electrons. The van der Waals surface area contributed by atoms with Gasteiger partial charge in [0.25, 0.3) is 5.91 Å². The lowest BCUT2D eigenvalue weighted by atomic mass is 9.84. The molecule has 2 atom stereocenters. The van der Waals surface area contributed by atoms with Crippen molar-refractivity contribution in [2.75, 3.05) is 0 Å². The van der Waals surface area contributed by atoms with Crippen LogP contribution in [0, 0.1) is 5.92 Å². The van der Waals surface area contributed by atoms with Gasteiger partial charge in [0.1, 0.15) is 5.69 Å². The van der Waals surface area contributed by atoms with E-state index in [0.717, 1.165) is 32.1 Å². The minimum Gasteiger partial charge on any atom is -0.331 e. The first-order valence-corrected chi connectivity index (χ1v) is 9.85. The smallest absolute Gasteiger partial charge is 0.272 e. The fraction of sp³-hybridized carbons (Fsp3) is 0.348. The molecule has 0 radical (unpaired) electrons. The maximum absolute atomic E-state index is 13.0. The summed E-state index contributed by atoms with van der Waals surface area (Å²) in [5.41, 5.74) is 1.96. The van der Waals surface area contributed by atoms with E-state index in [-0.39, 0.29) is 5.91 Å². The lowest BCUT2D eigenvalue weighted by molar-refractivity contribution is 0.0519. The average molecular weight is 357 g/mol. The molecule has 2 fully saturated rings. The Labute approximate surface area is 159 Å². The number of nitrogens with zero attached hydrogens (tertiary/aromatic N) is 3. The highest BCUT2D eigenvalue weighted by Gasteiger charge is 2.43. The number of hydrogen-bond acceptors (Lipinski definition) is 3. The molecule has 2 aromatic heterocycles. The number of benzene rings is 1. The van der Waals surface area contributed by atoms with E-state index >= 15 is 0 Å². The molecular weight excluding hydrogens is 334 g/mol. The second-order valence-corrected chi connectivity index (χ2v) is 7.87. The van der Waals surface area contributed by atoms with E-state index in [9.17, 15) is 4.79 Å². The highest BCUT2D eigenvalue weighted by Crippen LogP contribution is 2.41. The van der Waals surface area contributed by atoms with Crippen LogP contribution in [0.3, 0.4) is 0 Å². The number of aromatic nitrogens is 2. The predicted molar refractivity (Wildman–Crippen MR) is 105 cm³/mol. The Bertz CT molecular complexity index is 952. The lowest BCUT2D eigenvalue weighted by Crippen LogP contribution is -2.47. The largest absolute Gasteiger partial charge is 0.331 e. The van der Waals surface area contributed by atoms with Crippen molar-refractivity contribution in [1.82, 2.24) is 14.9 Å². The SMILES string of the molecule is O=C(c1ccccn1)N1C2CCC1CC(Cc1cccc3ccncc13)C2. The van der Waals surface area contributed by atoms with E-state index in [1.165, 1.54) is 16.3 Å². The van der Waals surface area contributed by atoms with E-state index in [2.05, 4.69) is 39.1 Å². The molecule has 0 spiro atoms. The minimum atomic E-state index is 0.107. The molecule has 3 aromatic rings. The number of fused-ring (bicyclic) bond motifs is 3. The van der Waals surface area contributed by atoms with Crippen molar-refractivity contribution in [2.24, 2.45) is 5.92 Å². The van der Waals surface area contributed by atoms with E-state index in [4.69, 9.17) is 0 Å². The zero-order valence-electron chi connectivity index (χ0n) is 15.3. The van der Waals surface area contributed by atoms with Gasteiger partial charge < -0.3 is 4.90 Å². The minimum absolute atomic E-state index is 0.107. The van der Waals surface area contributed by atoms with Crippen LogP contribution in [-0.4, -0.2) is 32.9 Å². The fourth-order valence-corrected chi connectivity index (χ4v) is 5.08. The van der Waals surface area contributed by atoms with Gasteiger partial charge in [-0.1, -0.05) is 24.3 Å². The lowest BCUT2D eigenvalue weighted by Gasteiger charge is -2.39. The normalized spacial score (nSPS) is 24.3. The van der Waals surface area contributed by atoms with E-state index < -0.39 is 0 Å². The van der Waals surface area contributed by atoms with Crippen molar-refractivity contribution in [2.45, 2.75) is 44.2 Å². The van der Waals surface area contributed by atoms with Crippen LogP contribution < -0.4 is 0 Å². The number of pyridine rings is 2. The molecule has 2 saturated heterocycles. The maximum Gasteiger partial charge on any atom is 0.272 e. The fourth-order valence-electron chi connectivity index (χ4n) is 5.08. The average Bonchev–Trinajstić information content (AvgIpc) is 2.99. The molecule has 0 saturated carbocycles. The zero-order valence-corrected chi connectivity index (χ0v) is 15.3. The van der Waals surface area contributed by atoms with Gasteiger partial charge in [0, 0.05) is 36.1 Å². The van der Waals surface area contributed by atoms with Crippen molar-refractivity contribution < 1.29 is 4.79 Å². The summed E-state index contributed by atoms with van der Waals surface area (Å²) in [7, 11) is 0. The molecule has 0 N–H and O–H groups in total. The molecule has 4 nitrogen and oxygen atoms in total. The molecule has 1 aromatic carbocycles. The summed E-state index contributed by atoms with van der Waals surface area (Å²) in [6.45, 7) is 0. The van der Waals surface area contributed by atoms with Gasteiger partial charge >= 0.3 is 0 Å². The Morgan fingerprint density at radius 1 is 1.00 bits per heavy atom. The molecule has 4 heterocycles. The first-order chi connectivity index (χ1) is 13.3. The maximum atomic E-state index is 13.0. The Kier molecular flexibility index (Phi) is 4.12. The van der Waals surface area contributed by atoms with Gasteiger partial charge in [0.2, 0.25) is 0 Å². The van der Waals surface area contributed by atoms with Crippen molar-refractivity contribution in [3.63, 3.8) is 0 Å². The summed E-state index contributed by atoms with van der Waals surface area (Å²) in [5.74, 6) is 0.733. The van der Waals surface area contributed by atoms with Crippen LogP contribution in [0.5, 0.6) is 0 Å². The van der Waals surface area contributed by atoms with Crippen LogP contribution in [-0.2, 0) is 6.42 Å². The Morgan fingerprint density at radius 2 is 1.85 bits per heavy atom. The summed E-state index contributed by atoms with van der Waals surface area (Å²) in [6.07, 6.45) is 11.0. The molecule has 2 aliphatic rings. The molecule has 0 aliphatic carbocycles. The topological polar surface area (TPSA) is 46.1 Å². The van der Waals surface area contributed by atoms with Gasteiger partial charge in [-0.15, -0.1) is 0 Å². The second kappa shape index (κ2) is 6.76. The zero-order chi connectivity index (χ0) is 18.2. The summed E-state index contributed by atoms with van der Waals surface area (Å²) >= 11 is 0. The number of carbonyl (C=O) groups is 1. The first kappa shape index (κ1) is 16.4. The van der Waals surface area contributed by atoms with Crippen LogP contribution >= 0.6 is 0 Å². The van der Waals surface area contributed by atoms with Crippen molar-refractivity contribution in [3.05, 3.63) is 72.3 Å². The predicted octanol–water partition coefficient (Wildman–Crippen LogP) is 4.26. The number of hydrogen-bond donors (Lipinski definition) is 0. The first-order valence-electron chi connectivity index (χ1n) is 9.85. The number of carbonyl (C=O) groups excluding carboxylic acids is 1. The molecule has 2 bridgehead atoms. The van der Waals surface area contributed by atoms with Gasteiger partial charge in [-0.2, -0.15) is 0 Å². The molecule has 2 aliphatic heterocycles. The third kappa shape index (κ3) is 2.99. The monoisotopic (exact) mass is 357 g/mol. The summed E-state index contributed by atoms with van der Waals surface area (Å²) in [6, 6.07) is 14.9. The van der Waals surface area contributed by atoms with Crippen LogP contribution in [0.2, 0.25) is 0 Å². The van der Waals surface area contributed by atoms with Crippen LogP contribution in [0.25, 0.3) is 10.8 Å². The van der Waals surface area contributed by atoms with E-state index in [1.807, 2.05) is 30.6 Å². The van der Waals surface area contributed by atoms with E-state index in [1.54, 1.807) is 6.20 Å². The van der Waals surface area contributed by atoms with Crippen LogP contribution in [0.15, 0.2) is 61.1 Å². The molecule has 2 unspecified atom stereocenters. The van der Waals surface area contributed by atoms with Gasteiger partial charge in [-0.3, -0.25) is 14.8 Å². The summed E-state index contributed by atoms with van der Waals surface area (Å²) < 4.78 is 0.